The Balaban J connectivity index is 2.73. The smallest absolute Gasteiger partial charge is 0.176 e. The van der Waals surface area contributed by atoms with Crippen molar-refractivity contribution in [2.45, 2.75) is 20.4 Å². The van der Waals surface area contributed by atoms with Crippen LogP contribution in [0.4, 0.5) is 0 Å². The topological polar surface area (TPSA) is 31.2 Å². The largest absolute Gasteiger partial charge is 0.497 e. The van der Waals surface area contributed by atoms with Gasteiger partial charge in [0.25, 0.3) is 0 Å². The van der Waals surface area contributed by atoms with E-state index >= 15 is 0 Å². The Labute approximate surface area is 94.6 Å². The number of fused-ring (bicyclic) bond motifs is 1. The molecule has 84 valence electrons. The molecule has 0 aliphatic carbocycles. The van der Waals surface area contributed by atoms with Crippen LogP contribution in [0, 0.1) is 0 Å². The number of carbonyl (C=O) groups is 1. The van der Waals surface area contributed by atoms with Crippen LogP contribution in [-0.4, -0.2) is 17.5 Å². The van der Waals surface area contributed by atoms with Crippen LogP contribution in [0.1, 0.15) is 24.3 Å². The molecule has 0 amide bonds. The fraction of sp³-hybridized carbons (Fsp3) is 0.308. The fourth-order valence-corrected chi connectivity index (χ4v) is 1.99. The fourth-order valence-electron chi connectivity index (χ4n) is 1.99. The molecule has 2 rings (SSSR count). The SMILES string of the molecule is CCn1c(C(C)=O)cc2ccc(OC)cc21. The van der Waals surface area contributed by atoms with Gasteiger partial charge in [0, 0.05) is 24.9 Å². The third-order valence-electron chi connectivity index (χ3n) is 2.79. The minimum Gasteiger partial charge on any atom is -0.497 e. The van der Waals surface area contributed by atoms with Crippen LogP contribution in [0.2, 0.25) is 0 Å². The first-order valence-corrected chi connectivity index (χ1v) is 5.35. The van der Waals surface area contributed by atoms with E-state index < -0.39 is 0 Å². The maximum atomic E-state index is 11.5. The van der Waals surface area contributed by atoms with Crippen LogP contribution in [0.15, 0.2) is 24.3 Å². The minimum absolute atomic E-state index is 0.0945. The third-order valence-corrected chi connectivity index (χ3v) is 2.79. The molecule has 0 bridgehead atoms. The van der Waals surface area contributed by atoms with Gasteiger partial charge in [0.2, 0.25) is 0 Å². The van der Waals surface area contributed by atoms with Gasteiger partial charge in [-0.1, -0.05) is 0 Å². The highest BCUT2D eigenvalue weighted by Gasteiger charge is 2.11. The van der Waals surface area contributed by atoms with Gasteiger partial charge in [-0.05, 0) is 25.1 Å². The second kappa shape index (κ2) is 4.00. The Bertz CT molecular complexity index is 540. The summed E-state index contributed by atoms with van der Waals surface area (Å²) in [6.45, 7) is 4.41. The van der Waals surface area contributed by atoms with Crippen LogP contribution >= 0.6 is 0 Å². The number of nitrogens with zero attached hydrogens (tertiary/aromatic N) is 1. The zero-order valence-corrected chi connectivity index (χ0v) is 9.78. The molecule has 0 fully saturated rings. The number of aryl methyl sites for hydroxylation is 1. The maximum Gasteiger partial charge on any atom is 0.176 e. The minimum atomic E-state index is 0.0945. The van der Waals surface area contributed by atoms with E-state index in [0.29, 0.717) is 0 Å². The van der Waals surface area contributed by atoms with E-state index in [2.05, 4.69) is 0 Å². The lowest BCUT2D eigenvalue weighted by atomic mass is 10.2. The highest BCUT2D eigenvalue weighted by Crippen LogP contribution is 2.24. The molecule has 0 radical (unpaired) electrons. The summed E-state index contributed by atoms with van der Waals surface area (Å²) in [6, 6.07) is 7.78. The van der Waals surface area contributed by atoms with Crippen LogP contribution in [-0.2, 0) is 6.54 Å². The first-order chi connectivity index (χ1) is 7.67. The average Bonchev–Trinajstić information content (AvgIpc) is 2.66. The molecule has 3 heteroatoms. The van der Waals surface area contributed by atoms with E-state index in [1.54, 1.807) is 14.0 Å². The number of ether oxygens (including phenoxy) is 1. The van der Waals surface area contributed by atoms with Gasteiger partial charge in [0.1, 0.15) is 5.75 Å². The van der Waals surface area contributed by atoms with E-state index in [9.17, 15) is 4.79 Å². The highest BCUT2D eigenvalue weighted by molar-refractivity contribution is 5.98. The Morgan fingerprint density at radius 1 is 1.38 bits per heavy atom. The lowest BCUT2D eigenvalue weighted by Crippen LogP contribution is -2.04. The van der Waals surface area contributed by atoms with Crippen molar-refractivity contribution in [2.75, 3.05) is 7.11 Å². The Morgan fingerprint density at radius 2 is 2.12 bits per heavy atom. The van der Waals surface area contributed by atoms with Crippen molar-refractivity contribution >= 4 is 16.7 Å². The molecule has 0 N–H and O–H groups in total. The molecule has 1 heterocycles. The summed E-state index contributed by atoms with van der Waals surface area (Å²) in [5.74, 6) is 0.910. The number of Topliss-reactive ketones (excluding diaryl/α,β-unsaturated/α-hetero) is 1. The molecule has 0 aliphatic rings. The van der Waals surface area contributed by atoms with Crippen molar-refractivity contribution in [2.24, 2.45) is 0 Å². The predicted octanol–water partition coefficient (Wildman–Crippen LogP) is 2.87. The lowest BCUT2D eigenvalue weighted by molar-refractivity contribution is 0.100. The Morgan fingerprint density at radius 3 is 2.69 bits per heavy atom. The number of methoxy groups -OCH3 is 1. The molecule has 0 saturated heterocycles. The van der Waals surface area contributed by atoms with Crippen molar-refractivity contribution < 1.29 is 9.53 Å². The monoisotopic (exact) mass is 217 g/mol. The van der Waals surface area contributed by atoms with E-state index in [0.717, 1.165) is 28.9 Å². The summed E-state index contributed by atoms with van der Waals surface area (Å²) in [5, 5.41) is 1.08. The van der Waals surface area contributed by atoms with Gasteiger partial charge in [0.15, 0.2) is 5.78 Å². The molecule has 16 heavy (non-hydrogen) atoms. The normalized spacial score (nSPS) is 10.7. The Hall–Kier alpha value is -1.77. The van der Waals surface area contributed by atoms with Gasteiger partial charge in [-0.25, -0.2) is 0 Å². The van der Waals surface area contributed by atoms with E-state index in [1.807, 2.05) is 35.8 Å². The molecular weight excluding hydrogens is 202 g/mol. The van der Waals surface area contributed by atoms with Gasteiger partial charge in [-0.3, -0.25) is 4.79 Å². The van der Waals surface area contributed by atoms with Gasteiger partial charge in [0.05, 0.1) is 18.3 Å². The first kappa shape index (κ1) is 10.7. The maximum absolute atomic E-state index is 11.5. The summed E-state index contributed by atoms with van der Waals surface area (Å²) in [5.41, 5.74) is 1.80. The molecule has 0 atom stereocenters. The number of benzene rings is 1. The second-order valence-electron chi connectivity index (χ2n) is 3.75. The number of carbonyl (C=O) groups excluding carboxylic acids is 1. The molecule has 2 aromatic rings. The molecule has 0 unspecified atom stereocenters. The van der Waals surface area contributed by atoms with Crippen molar-refractivity contribution in [3.63, 3.8) is 0 Å². The first-order valence-electron chi connectivity index (χ1n) is 5.35. The highest BCUT2D eigenvalue weighted by atomic mass is 16.5. The van der Waals surface area contributed by atoms with E-state index in [-0.39, 0.29) is 5.78 Å². The second-order valence-corrected chi connectivity index (χ2v) is 3.75. The lowest BCUT2D eigenvalue weighted by Gasteiger charge is -2.06. The number of aromatic nitrogens is 1. The van der Waals surface area contributed by atoms with Gasteiger partial charge in [-0.2, -0.15) is 0 Å². The number of ketones is 1. The predicted molar refractivity (Wildman–Crippen MR) is 64.2 cm³/mol. The zero-order valence-electron chi connectivity index (χ0n) is 9.78. The standard InChI is InChI=1S/C13H15NO2/c1-4-14-12(9(2)15)7-10-5-6-11(16-3)8-13(10)14/h5-8H,4H2,1-3H3. The van der Waals surface area contributed by atoms with E-state index in [4.69, 9.17) is 4.74 Å². The van der Waals surface area contributed by atoms with Crippen molar-refractivity contribution in [1.29, 1.82) is 0 Å². The quantitative estimate of drug-likeness (QED) is 0.740. The average molecular weight is 217 g/mol. The molecule has 0 spiro atoms. The Kier molecular flexibility index (Phi) is 2.69. The van der Waals surface area contributed by atoms with Crippen LogP contribution in [0.5, 0.6) is 5.75 Å². The number of hydrogen-bond acceptors (Lipinski definition) is 2. The van der Waals surface area contributed by atoms with Gasteiger partial charge >= 0.3 is 0 Å². The van der Waals surface area contributed by atoms with Crippen molar-refractivity contribution in [3.05, 3.63) is 30.0 Å². The summed E-state index contributed by atoms with van der Waals surface area (Å²) in [6.07, 6.45) is 0. The summed E-state index contributed by atoms with van der Waals surface area (Å²) in [4.78, 5) is 11.5. The molecule has 1 aromatic carbocycles. The third kappa shape index (κ3) is 1.58. The van der Waals surface area contributed by atoms with Crippen molar-refractivity contribution in [3.8, 4) is 5.75 Å². The summed E-state index contributed by atoms with van der Waals surface area (Å²) in [7, 11) is 1.65. The molecule has 0 saturated carbocycles. The zero-order chi connectivity index (χ0) is 11.7. The van der Waals surface area contributed by atoms with Gasteiger partial charge in [-0.15, -0.1) is 0 Å². The molecule has 1 aromatic heterocycles. The molecular formula is C13H15NO2. The molecule has 3 nitrogen and oxygen atoms in total. The van der Waals surface area contributed by atoms with Crippen LogP contribution in [0.25, 0.3) is 10.9 Å². The van der Waals surface area contributed by atoms with Crippen LogP contribution in [0.3, 0.4) is 0 Å². The number of rotatable bonds is 3. The summed E-state index contributed by atoms with van der Waals surface area (Å²) >= 11 is 0. The van der Waals surface area contributed by atoms with Crippen molar-refractivity contribution in [1.82, 2.24) is 4.57 Å². The van der Waals surface area contributed by atoms with Crippen LogP contribution < -0.4 is 4.74 Å². The number of hydrogen-bond donors (Lipinski definition) is 0. The summed E-state index contributed by atoms with van der Waals surface area (Å²) < 4.78 is 7.21. The van der Waals surface area contributed by atoms with Gasteiger partial charge < -0.3 is 9.30 Å². The van der Waals surface area contributed by atoms with E-state index in [1.165, 1.54) is 0 Å². The molecule has 0 aliphatic heterocycles.